The van der Waals surface area contributed by atoms with E-state index in [2.05, 4.69) is 5.32 Å². The molecule has 1 aromatic rings. The molecule has 0 unspecified atom stereocenters. The molecule has 0 aliphatic rings. The van der Waals surface area contributed by atoms with E-state index in [1.807, 2.05) is 24.3 Å². The number of nitrogens with zero attached hydrogens (tertiary/aromatic N) is 1. The first-order valence-corrected chi connectivity index (χ1v) is 3.75. The van der Waals surface area contributed by atoms with Crippen molar-refractivity contribution in [3.63, 3.8) is 0 Å². The van der Waals surface area contributed by atoms with Gasteiger partial charge in [-0.25, -0.2) is 0 Å². The Balaban J connectivity index is 0.00000144. The van der Waals surface area contributed by atoms with Crippen LogP contribution in [0.1, 0.15) is 11.1 Å². The van der Waals surface area contributed by atoms with Gasteiger partial charge in [0.1, 0.15) is 0 Å². The van der Waals surface area contributed by atoms with E-state index in [1.165, 1.54) is 0 Å². The Morgan fingerprint density at radius 2 is 2.23 bits per heavy atom. The number of nitrogens with two attached hydrogens (primary N) is 1. The van der Waals surface area contributed by atoms with Crippen molar-refractivity contribution in [1.29, 1.82) is 5.41 Å². The van der Waals surface area contributed by atoms with Crippen LogP contribution in [0.15, 0.2) is 24.3 Å². The first-order chi connectivity index (χ1) is 5.77. The van der Waals surface area contributed by atoms with Crippen molar-refractivity contribution in [2.45, 2.75) is 6.54 Å². The Bertz CT molecular complexity index is 286. The average Bonchev–Trinajstić information content (AvgIpc) is 2.17. The zero-order valence-corrected chi connectivity index (χ0v) is 11.2. The maximum atomic E-state index is 7.44. The minimum absolute atomic E-state index is 0. The molecule has 4 heteroatoms. The van der Waals surface area contributed by atoms with Gasteiger partial charge < -0.3 is 16.5 Å². The van der Waals surface area contributed by atoms with Crippen molar-refractivity contribution < 1.29 is 51.4 Å². The maximum Gasteiger partial charge on any atom is 1.00 e. The summed E-state index contributed by atoms with van der Waals surface area (Å²) in [7, 11) is 1.61. The minimum Gasteiger partial charge on any atom is -0.482 e. The molecule has 0 heterocycles. The predicted octanol–water partition coefficient (Wildman–Crippen LogP) is -1.52. The number of benzene rings is 1. The van der Waals surface area contributed by atoms with Crippen molar-refractivity contribution in [3.8, 4) is 0 Å². The van der Waals surface area contributed by atoms with Gasteiger partial charge >= 0.3 is 51.4 Å². The molecule has 0 atom stereocenters. The van der Waals surface area contributed by atoms with E-state index in [9.17, 15) is 0 Å². The van der Waals surface area contributed by atoms with Gasteiger partial charge in [-0.05, 0) is 11.1 Å². The van der Waals surface area contributed by atoms with Crippen LogP contribution in [-0.4, -0.2) is 12.9 Å². The molecular weight excluding hydrogens is 189 g/mol. The van der Waals surface area contributed by atoms with Crippen LogP contribution in [0.2, 0.25) is 0 Å². The van der Waals surface area contributed by atoms with Gasteiger partial charge in [0, 0.05) is 6.54 Å². The molecule has 0 aliphatic carbocycles. The molecule has 0 bridgehead atoms. The summed E-state index contributed by atoms with van der Waals surface area (Å²) in [6.45, 7) is 0.505. The second-order valence-electron chi connectivity index (χ2n) is 2.48. The van der Waals surface area contributed by atoms with Gasteiger partial charge in [0.15, 0.2) is 0 Å². The van der Waals surface area contributed by atoms with E-state index in [4.69, 9.17) is 11.1 Å². The second kappa shape index (κ2) is 6.70. The molecule has 0 amide bonds. The first kappa shape index (κ1) is 13.3. The molecule has 1 aromatic carbocycles. The molecule has 13 heavy (non-hydrogen) atoms. The fraction of sp³-hybridized carbons (Fsp3) is 0.222. The molecule has 3 N–H and O–H groups in total. The standard InChI is InChI=1S/C9H12N3.K/c1-12-9(11)8-4-2-3-7(5-8)6-10;/h2-5H,6,10H2,1H3,(H-,11,12);/q-1;+1. The van der Waals surface area contributed by atoms with Crippen molar-refractivity contribution >= 4 is 5.84 Å². The van der Waals surface area contributed by atoms with E-state index in [0.717, 1.165) is 11.1 Å². The van der Waals surface area contributed by atoms with Gasteiger partial charge in [0.2, 0.25) is 0 Å². The SMILES string of the molecule is C[N-]C(=N)c1cccc(CN)c1.[K+]. The third-order valence-electron chi connectivity index (χ3n) is 1.66. The topological polar surface area (TPSA) is 64.0 Å². The Morgan fingerprint density at radius 3 is 2.77 bits per heavy atom. The van der Waals surface area contributed by atoms with Crippen LogP contribution in [0, 0.1) is 5.41 Å². The number of hydrogen-bond donors (Lipinski definition) is 2. The summed E-state index contributed by atoms with van der Waals surface area (Å²) in [4.78, 5) is 0. The second-order valence-corrected chi connectivity index (χ2v) is 2.48. The fourth-order valence-corrected chi connectivity index (χ4v) is 0.975. The van der Waals surface area contributed by atoms with Gasteiger partial charge in [-0.3, -0.25) is 0 Å². The molecule has 0 aliphatic heterocycles. The monoisotopic (exact) mass is 201 g/mol. The van der Waals surface area contributed by atoms with Crippen molar-refractivity contribution in [2.75, 3.05) is 7.05 Å². The summed E-state index contributed by atoms with van der Waals surface area (Å²) < 4.78 is 0. The molecule has 3 nitrogen and oxygen atoms in total. The maximum absolute atomic E-state index is 7.44. The first-order valence-electron chi connectivity index (χ1n) is 3.75. The van der Waals surface area contributed by atoms with Crippen molar-refractivity contribution in [2.24, 2.45) is 5.73 Å². The molecule has 0 saturated heterocycles. The van der Waals surface area contributed by atoms with Crippen molar-refractivity contribution in [3.05, 3.63) is 40.7 Å². The number of nitrogens with one attached hydrogen (secondary N) is 1. The summed E-state index contributed by atoms with van der Waals surface area (Å²) in [6, 6.07) is 7.56. The summed E-state index contributed by atoms with van der Waals surface area (Å²) in [5.74, 6) is 0.297. The van der Waals surface area contributed by atoms with Gasteiger partial charge in [-0.15, -0.1) is 0 Å². The molecule has 0 aromatic heterocycles. The van der Waals surface area contributed by atoms with Crippen LogP contribution in [0.3, 0.4) is 0 Å². The molecule has 1 rings (SSSR count). The third kappa shape index (κ3) is 3.89. The molecule has 64 valence electrons. The summed E-state index contributed by atoms with van der Waals surface area (Å²) >= 11 is 0. The van der Waals surface area contributed by atoms with E-state index in [-0.39, 0.29) is 51.4 Å². The van der Waals surface area contributed by atoms with E-state index >= 15 is 0 Å². The Morgan fingerprint density at radius 1 is 1.54 bits per heavy atom. The zero-order chi connectivity index (χ0) is 8.97. The minimum atomic E-state index is 0. The zero-order valence-electron chi connectivity index (χ0n) is 8.04. The van der Waals surface area contributed by atoms with Crippen LogP contribution >= 0.6 is 0 Å². The number of hydrogen-bond acceptors (Lipinski definition) is 2. The average molecular weight is 201 g/mol. The van der Waals surface area contributed by atoms with E-state index in [0.29, 0.717) is 12.4 Å². The smallest absolute Gasteiger partial charge is 0.482 e. The molecular formula is C9H12KN3. The summed E-state index contributed by atoms with van der Waals surface area (Å²) in [6.07, 6.45) is 0. The van der Waals surface area contributed by atoms with Gasteiger partial charge in [-0.1, -0.05) is 37.1 Å². The predicted molar refractivity (Wildman–Crippen MR) is 50.4 cm³/mol. The van der Waals surface area contributed by atoms with Crippen LogP contribution in [0.5, 0.6) is 0 Å². The normalized spacial score (nSPS) is 8.77. The van der Waals surface area contributed by atoms with Gasteiger partial charge in [0.25, 0.3) is 0 Å². The largest absolute Gasteiger partial charge is 1.00 e. The Labute approximate surface area is 121 Å². The third-order valence-corrected chi connectivity index (χ3v) is 1.66. The van der Waals surface area contributed by atoms with Gasteiger partial charge in [-0.2, -0.15) is 0 Å². The Hall–Kier alpha value is 0.286. The van der Waals surface area contributed by atoms with Gasteiger partial charge in [0.05, 0.1) is 0 Å². The molecule has 0 fully saturated rings. The molecule has 0 radical (unpaired) electrons. The number of amidine groups is 1. The molecule has 0 saturated carbocycles. The van der Waals surface area contributed by atoms with Crippen LogP contribution in [-0.2, 0) is 6.54 Å². The van der Waals surface area contributed by atoms with Crippen LogP contribution in [0.25, 0.3) is 5.32 Å². The Kier molecular flexibility index (Phi) is 6.85. The van der Waals surface area contributed by atoms with Crippen molar-refractivity contribution in [1.82, 2.24) is 0 Å². The molecule has 0 spiro atoms. The quantitative estimate of drug-likeness (QED) is 0.341. The number of rotatable bonds is 2. The summed E-state index contributed by atoms with van der Waals surface area (Å²) in [5, 5.41) is 11.2. The fourth-order valence-electron chi connectivity index (χ4n) is 0.975. The van der Waals surface area contributed by atoms with Crippen LogP contribution in [0.4, 0.5) is 0 Å². The van der Waals surface area contributed by atoms with Crippen LogP contribution < -0.4 is 57.1 Å². The summed E-state index contributed by atoms with van der Waals surface area (Å²) in [5.41, 5.74) is 7.31. The van der Waals surface area contributed by atoms with E-state index in [1.54, 1.807) is 7.05 Å². The van der Waals surface area contributed by atoms with E-state index < -0.39 is 0 Å².